The predicted molar refractivity (Wildman–Crippen MR) is 110 cm³/mol. The van der Waals surface area contributed by atoms with Gasteiger partial charge in [0.15, 0.2) is 5.82 Å². The first-order chi connectivity index (χ1) is 14.6. The zero-order valence-electron chi connectivity index (χ0n) is 15.7. The lowest BCUT2D eigenvalue weighted by Crippen LogP contribution is -2.13. The molecule has 0 saturated carbocycles. The van der Waals surface area contributed by atoms with Crippen LogP contribution in [0.4, 0.5) is 13.2 Å². The number of benzene rings is 3. The fourth-order valence-electron chi connectivity index (χ4n) is 3.06. The van der Waals surface area contributed by atoms with Crippen molar-refractivity contribution >= 4 is 21.1 Å². The highest BCUT2D eigenvalue weighted by atomic mass is 32.2. The third-order valence-corrected chi connectivity index (χ3v) is 5.49. The molecular formula is C22H14F3N3O2S. The topological polar surface area (TPSA) is 88.8 Å². The predicted octanol–water partition coefficient (Wildman–Crippen LogP) is 4.30. The fraction of sp³-hybridized carbons (Fsp3) is 0.0455. The van der Waals surface area contributed by atoms with Crippen molar-refractivity contribution in [1.29, 1.82) is 0 Å². The molecule has 0 aliphatic heterocycles. The highest BCUT2D eigenvalue weighted by Gasteiger charge is 2.29. The molecule has 0 unspecified atom stereocenters. The Balaban J connectivity index is 1.67. The van der Waals surface area contributed by atoms with Gasteiger partial charge in [0.05, 0.1) is 21.5 Å². The Kier molecular flexibility index (Phi) is 5.05. The first-order valence-corrected chi connectivity index (χ1v) is 10.5. The average Bonchev–Trinajstić information content (AvgIpc) is 3.13. The number of hydrogen-bond donors (Lipinski definition) is 2. The normalized spacial score (nSPS) is 11.9. The molecule has 5 nitrogen and oxygen atoms in total. The Hall–Kier alpha value is -3.61. The van der Waals surface area contributed by atoms with Crippen molar-refractivity contribution in [1.82, 2.24) is 9.97 Å². The number of aromatic amines is 1. The van der Waals surface area contributed by atoms with Crippen LogP contribution in [-0.2, 0) is 16.2 Å². The number of aromatic nitrogens is 2. The molecule has 9 heteroatoms. The van der Waals surface area contributed by atoms with Gasteiger partial charge in [0.25, 0.3) is 0 Å². The third-order valence-electron chi connectivity index (χ3n) is 4.53. The van der Waals surface area contributed by atoms with E-state index in [1.54, 1.807) is 36.4 Å². The first kappa shape index (κ1) is 20.7. The molecule has 0 fully saturated rings. The first-order valence-electron chi connectivity index (χ1n) is 8.92. The van der Waals surface area contributed by atoms with Gasteiger partial charge in [0, 0.05) is 11.1 Å². The molecule has 0 spiro atoms. The summed E-state index contributed by atoms with van der Waals surface area (Å²) < 4.78 is 61.7. The molecule has 0 amide bonds. The molecule has 0 aliphatic rings. The maximum Gasteiger partial charge on any atom is 0.416 e. The molecule has 4 aromatic rings. The van der Waals surface area contributed by atoms with Gasteiger partial charge in [-0.2, -0.15) is 13.2 Å². The summed E-state index contributed by atoms with van der Waals surface area (Å²) in [5, 5.41) is 5.31. The molecule has 3 aromatic carbocycles. The van der Waals surface area contributed by atoms with Crippen LogP contribution in [0, 0.1) is 11.8 Å². The Morgan fingerprint density at radius 1 is 0.935 bits per heavy atom. The van der Waals surface area contributed by atoms with Gasteiger partial charge in [-0.25, -0.2) is 18.5 Å². The number of alkyl halides is 3. The van der Waals surface area contributed by atoms with Gasteiger partial charge in [0.1, 0.15) is 0 Å². The van der Waals surface area contributed by atoms with Crippen LogP contribution < -0.4 is 5.14 Å². The number of nitrogens with two attached hydrogens (primary N) is 1. The second-order valence-electron chi connectivity index (χ2n) is 6.68. The number of sulfonamides is 1. The van der Waals surface area contributed by atoms with E-state index in [1.807, 2.05) is 0 Å². The Morgan fingerprint density at radius 2 is 1.65 bits per heavy atom. The Morgan fingerprint density at radius 3 is 2.32 bits per heavy atom. The van der Waals surface area contributed by atoms with E-state index >= 15 is 0 Å². The van der Waals surface area contributed by atoms with Crippen LogP contribution >= 0.6 is 0 Å². The fourth-order valence-corrected chi connectivity index (χ4v) is 3.82. The van der Waals surface area contributed by atoms with Crippen molar-refractivity contribution in [3.8, 4) is 23.0 Å². The van der Waals surface area contributed by atoms with E-state index < -0.39 is 21.8 Å². The van der Waals surface area contributed by atoms with Crippen molar-refractivity contribution in [2.24, 2.45) is 5.14 Å². The summed E-state index contributed by atoms with van der Waals surface area (Å²) in [6, 6.07) is 16.1. The summed E-state index contributed by atoms with van der Waals surface area (Å²) in [5.74, 6) is 5.88. The Labute approximate surface area is 175 Å². The zero-order chi connectivity index (χ0) is 22.2. The number of halogens is 3. The molecule has 1 heterocycles. The maximum atomic E-state index is 12.6. The van der Waals surface area contributed by atoms with E-state index in [2.05, 4.69) is 21.8 Å². The van der Waals surface area contributed by atoms with Crippen LogP contribution in [0.25, 0.3) is 22.2 Å². The summed E-state index contributed by atoms with van der Waals surface area (Å²) in [6.45, 7) is 0. The number of rotatable bonds is 2. The van der Waals surface area contributed by atoms with Crippen molar-refractivity contribution in [3.05, 3.63) is 83.7 Å². The van der Waals surface area contributed by atoms with E-state index in [0.29, 0.717) is 33.5 Å². The third kappa shape index (κ3) is 4.45. The SMILES string of the molecule is NS(=O)(=O)c1ccccc1-c1ccc2[nH]c(C#Cc3ccc(C(F)(F)F)cc3)nc2c1. The average molecular weight is 441 g/mol. The second-order valence-corrected chi connectivity index (χ2v) is 8.21. The molecule has 0 radical (unpaired) electrons. The number of nitrogens with zero attached hydrogens (tertiary/aromatic N) is 1. The summed E-state index contributed by atoms with van der Waals surface area (Å²) in [6.07, 6.45) is -4.40. The molecule has 0 bridgehead atoms. The van der Waals surface area contributed by atoms with Gasteiger partial charge in [0.2, 0.25) is 10.0 Å². The van der Waals surface area contributed by atoms with Gasteiger partial charge in [-0.3, -0.25) is 0 Å². The summed E-state index contributed by atoms with van der Waals surface area (Å²) in [5.41, 5.74) is 1.97. The van der Waals surface area contributed by atoms with Crippen LogP contribution in [0.15, 0.2) is 71.6 Å². The molecular weight excluding hydrogens is 427 g/mol. The lowest BCUT2D eigenvalue weighted by molar-refractivity contribution is -0.137. The second kappa shape index (κ2) is 7.58. The van der Waals surface area contributed by atoms with Gasteiger partial charge in [-0.1, -0.05) is 30.2 Å². The molecule has 156 valence electrons. The minimum absolute atomic E-state index is 0.00667. The van der Waals surface area contributed by atoms with E-state index in [4.69, 9.17) is 5.14 Å². The number of hydrogen-bond acceptors (Lipinski definition) is 3. The zero-order valence-corrected chi connectivity index (χ0v) is 16.6. The molecule has 0 atom stereocenters. The summed E-state index contributed by atoms with van der Waals surface area (Å²) in [4.78, 5) is 7.40. The largest absolute Gasteiger partial charge is 0.416 e. The molecule has 0 aliphatic carbocycles. The van der Waals surface area contributed by atoms with Crippen LogP contribution in [0.2, 0.25) is 0 Å². The van der Waals surface area contributed by atoms with E-state index in [-0.39, 0.29) is 4.90 Å². The van der Waals surface area contributed by atoms with Crippen molar-refractivity contribution < 1.29 is 21.6 Å². The van der Waals surface area contributed by atoms with Gasteiger partial charge in [-0.05, 0) is 53.9 Å². The van der Waals surface area contributed by atoms with E-state index in [9.17, 15) is 21.6 Å². The molecule has 4 rings (SSSR count). The smallest absolute Gasteiger partial charge is 0.331 e. The number of fused-ring (bicyclic) bond motifs is 1. The van der Waals surface area contributed by atoms with Crippen molar-refractivity contribution in [2.75, 3.05) is 0 Å². The number of nitrogens with one attached hydrogen (secondary N) is 1. The van der Waals surface area contributed by atoms with E-state index in [1.165, 1.54) is 18.2 Å². The molecule has 31 heavy (non-hydrogen) atoms. The lowest BCUT2D eigenvalue weighted by Gasteiger charge is -2.07. The standard InChI is InChI=1S/C22H14F3N3O2S/c23-22(24,25)16-9-5-14(6-10-16)7-12-21-27-18-11-8-15(13-19(18)28-21)17-3-1-2-4-20(17)31(26,29)30/h1-6,8-11,13H,(H,27,28)(H2,26,29,30). The summed E-state index contributed by atoms with van der Waals surface area (Å²) >= 11 is 0. The molecule has 1 aromatic heterocycles. The number of primary sulfonamides is 1. The number of imidazole rings is 1. The van der Waals surface area contributed by atoms with Crippen molar-refractivity contribution in [2.45, 2.75) is 11.1 Å². The van der Waals surface area contributed by atoms with Crippen LogP contribution in [0.3, 0.4) is 0 Å². The Bertz CT molecular complexity index is 1450. The van der Waals surface area contributed by atoms with Crippen molar-refractivity contribution in [3.63, 3.8) is 0 Å². The highest BCUT2D eigenvalue weighted by Crippen LogP contribution is 2.30. The van der Waals surface area contributed by atoms with E-state index in [0.717, 1.165) is 12.1 Å². The molecule has 0 saturated heterocycles. The highest BCUT2D eigenvalue weighted by molar-refractivity contribution is 7.89. The monoisotopic (exact) mass is 441 g/mol. The van der Waals surface area contributed by atoms with Crippen LogP contribution in [0.5, 0.6) is 0 Å². The number of H-pyrrole nitrogens is 1. The lowest BCUT2D eigenvalue weighted by atomic mass is 10.1. The molecule has 3 N–H and O–H groups in total. The summed E-state index contributed by atoms with van der Waals surface area (Å²) in [7, 11) is -3.90. The van der Waals surface area contributed by atoms with Crippen LogP contribution in [0.1, 0.15) is 17.0 Å². The van der Waals surface area contributed by atoms with Gasteiger partial charge in [-0.15, -0.1) is 0 Å². The minimum Gasteiger partial charge on any atom is -0.331 e. The van der Waals surface area contributed by atoms with Gasteiger partial charge >= 0.3 is 6.18 Å². The van der Waals surface area contributed by atoms with Crippen LogP contribution in [-0.4, -0.2) is 18.4 Å². The van der Waals surface area contributed by atoms with Gasteiger partial charge < -0.3 is 4.98 Å². The quantitative estimate of drug-likeness (QED) is 0.455. The maximum absolute atomic E-state index is 12.6. The minimum atomic E-state index is -4.40.